The number of aromatic nitrogens is 1. The van der Waals surface area contributed by atoms with E-state index in [-0.39, 0.29) is 23.8 Å². The largest absolute Gasteiger partial charge is 0.474 e. The summed E-state index contributed by atoms with van der Waals surface area (Å²) in [7, 11) is 0. The molecule has 2 aromatic rings. The van der Waals surface area contributed by atoms with E-state index in [1.54, 1.807) is 35.2 Å². The van der Waals surface area contributed by atoms with Crippen molar-refractivity contribution in [1.82, 2.24) is 9.88 Å². The molecule has 0 bridgehead atoms. The summed E-state index contributed by atoms with van der Waals surface area (Å²) in [6, 6.07) is 9.90. The lowest BCUT2D eigenvalue weighted by molar-refractivity contribution is 0.0123. The third-order valence-electron chi connectivity index (χ3n) is 4.38. The number of amides is 1. The van der Waals surface area contributed by atoms with Crippen LogP contribution in [-0.2, 0) is 4.74 Å². The highest BCUT2D eigenvalue weighted by molar-refractivity contribution is 5.68. The van der Waals surface area contributed by atoms with Crippen molar-refractivity contribution in [2.45, 2.75) is 52.2 Å². The summed E-state index contributed by atoms with van der Waals surface area (Å²) in [4.78, 5) is 18.2. The summed E-state index contributed by atoms with van der Waals surface area (Å²) in [5.41, 5.74) is 0.309. The van der Waals surface area contributed by atoms with Gasteiger partial charge in [-0.1, -0.05) is 12.1 Å². The summed E-state index contributed by atoms with van der Waals surface area (Å²) < 4.78 is 30.9. The molecular weight excluding hydrogens is 375 g/mol. The molecule has 0 spiro atoms. The van der Waals surface area contributed by atoms with E-state index in [0.717, 1.165) is 5.56 Å². The molecule has 0 radical (unpaired) electrons. The van der Waals surface area contributed by atoms with Gasteiger partial charge >= 0.3 is 6.09 Å². The number of hydrogen-bond donors (Lipinski definition) is 0. The standard InChI is InChI=1S/C22H27FN2O4/c1-15-8-9-18(17(23)14-15)28-20-7-5-6-19(24-20)27-16-10-12-25(13-11-16)21(26)29-22(2,3)4/h5-9,14,16H,10-13H2,1-4H3. The number of carbonyl (C=O) groups excluding carboxylic acids is 1. The van der Waals surface area contributed by atoms with Crippen molar-refractivity contribution in [3.8, 4) is 17.5 Å². The molecular formula is C22H27FN2O4. The molecule has 29 heavy (non-hydrogen) atoms. The van der Waals surface area contributed by atoms with Gasteiger partial charge in [-0.05, 0) is 45.4 Å². The van der Waals surface area contributed by atoms with E-state index >= 15 is 0 Å². The van der Waals surface area contributed by atoms with Crippen molar-refractivity contribution >= 4 is 6.09 Å². The van der Waals surface area contributed by atoms with E-state index in [1.165, 1.54) is 6.07 Å². The monoisotopic (exact) mass is 402 g/mol. The second-order valence-corrected chi connectivity index (χ2v) is 8.13. The lowest BCUT2D eigenvalue weighted by Gasteiger charge is -2.33. The highest BCUT2D eigenvalue weighted by Crippen LogP contribution is 2.26. The highest BCUT2D eigenvalue weighted by Gasteiger charge is 2.27. The van der Waals surface area contributed by atoms with Crippen LogP contribution in [0.25, 0.3) is 0 Å². The Morgan fingerprint density at radius 2 is 1.83 bits per heavy atom. The van der Waals surface area contributed by atoms with E-state index in [2.05, 4.69) is 4.98 Å². The van der Waals surface area contributed by atoms with Crippen LogP contribution in [0.4, 0.5) is 9.18 Å². The predicted octanol–water partition coefficient (Wildman–Crippen LogP) is 5.10. The Labute approximate surface area is 170 Å². The van der Waals surface area contributed by atoms with Gasteiger partial charge < -0.3 is 19.1 Å². The van der Waals surface area contributed by atoms with Crippen LogP contribution in [0.5, 0.6) is 17.5 Å². The van der Waals surface area contributed by atoms with Crippen LogP contribution < -0.4 is 9.47 Å². The van der Waals surface area contributed by atoms with Gasteiger partial charge in [-0.2, -0.15) is 4.98 Å². The average molecular weight is 402 g/mol. The van der Waals surface area contributed by atoms with E-state index in [0.29, 0.717) is 31.8 Å². The smallest absolute Gasteiger partial charge is 0.410 e. The van der Waals surface area contributed by atoms with Crippen molar-refractivity contribution in [2.75, 3.05) is 13.1 Å². The number of carbonyl (C=O) groups is 1. The first-order valence-electron chi connectivity index (χ1n) is 9.75. The second kappa shape index (κ2) is 8.68. The fourth-order valence-electron chi connectivity index (χ4n) is 2.97. The number of halogens is 1. The molecule has 0 aliphatic carbocycles. The molecule has 0 unspecified atom stereocenters. The molecule has 1 fully saturated rings. The Hall–Kier alpha value is -2.83. The first-order chi connectivity index (χ1) is 13.7. The van der Waals surface area contributed by atoms with Crippen LogP contribution in [0.15, 0.2) is 36.4 Å². The molecule has 2 heterocycles. The second-order valence-electron chi connectivity index (χ2n) is 8.13. The normalized spacial score (nSPS) is 15.1. The summed E-state index contributed by atoms with van der Waals surface area (Å²) >= 11 is 0. The Bertz CT molecular complexity index is 858. The fourth-order valence-corrected chi connectivity index (χ4v) is 2.97. The molecule has 156 valence electrons. The van der Waals surface area contributed by atoms with Crippen molar-refractivity contribution in [2.24, 2.45) is 0 Å². The Morgan fingerprint density at radius 1 is 1.14 bits per heavy atom. The summed E-state index contributed by atoms with van der Waals surface area (Å²) in [6.45, 7) is 8.49. The maximum absolute atomic E-state index is 14.0. The van der Waals surface area contributed by atoms with Gasteiger partial charge in [-0.25, -0.2) is 9.18 Å². The van der Waals surface area contributed by atoms with Gasteiger partial charge in [0.25, 0.3) is 0 Å². The van der Waals surface area contributed by atoms with Gasteiger partial charge in [0.15, 0.2) is 11.6 Å². The first kappa shape index (κ1) is 20.9. The van der Waals surface area contributed by atoms with Crippen LogP contribution >= 0.6 is 0 Å². The first-order valence-corrected chi connectivity index (χ1v) is 9.75. The summed E-state index contributed by atoms with van der Waals surface area (Å²) in [5, 5.41) is 0. The number of pyridine rings is 1. The molecule has 1 aromatic heterocycles. The Kier molecular flexibility index (Phi) is 6.25. The average Bonchev–Trinajstić information content (AvgIpc) is 2.64. The van der Waals surface area contributed by atoms with Gasteiger partial charge in [-0.15, -0.1) is 0 Å². The lowest BCUT2D eigenvalue weighted by atomic mass is 10.1. The fraction of sp³-hybridized carbons (Fsp3) is 0.455. The minimum Gasteiger partial charge on any atom is -0.474 e. The van der Waals surface area contributed by atoms with E-state index in [9.17, 15) is 9.18 Å². The molecule has 0 atom stereocenters. The Morgan fingerprint density at radius 3 is 2.48 bits per heavy atom. The van der Waals surface area contributed by atoms with Crippen molar-refractivity contribution in [1.29, 1.82) is 0 Å². The van der Waals surface area contributed by atoms with Crippen molar-refractivity contribution < 1.29 is 23.4 Å². The number of ether oxygens (including phenoxy) is 3. The number of aryl methyl sites for hydroxylation is 1. The number of benzene rings is 1. The number of piperidine rings is 1. The van der Waals surface area contributed by atoms with Crippen LogP contribution in [0, 0.1) is 12.7 Å². The van der Waals surface area contributed by atoms with Crippen molar-refractivity contribution in [3.05, 3.63) is 47.8 Å². The van der Waals surface area contributed by atoms with Crippen LogP contribution in [0.2, 0.25) is 0 Å². The molecule has 3 rings (SSSR count). The molecule has 0 N–H and O–H groups in total. The number of rotatable bonds is 4. The molecule has 1 aromatic carbocycles. The van der Waals surface area contributed by atoms with Gasteiger partial charge in [0.05, 0.1) is 0 Å². The summed E-state index contributed by atoms with van der Waals surface area (Å²) in [6.07, 6.45) is 0.995. The van der Waals surface area contributed by atoms with Crippen LogP contribution in [0.1, 0.15) is 39.2 Å². The van der Waals surface area contributed by atoms with E-state index in [1.807, 2.05) is 27.7 Å². The van der Waals surface area contributed by atoms with Gasteiger partial charge in [0.2, 0.25) is 11.8 Å². The minimum atomic E-state index is -0.508. The summed E-state index contributed by atoms with van der Waals surface area (Å²) in [5.74, 6) is 0.348. The zero-order valence-corrected chi connectivity index (χ0v) is 17.3. The quantitative estimate of drug-likeness (QED) is 0.712. The lowest BCUT2D eigenvalue weighted by Crippen LogP contribution is -2.44. The van der Waals surface area contributed by atoms with Gasteiger partial charge in [0, 0.05) is 38.1 Å². The molecule has 1 aliphatic heterocycles. The zero-order chi connectivity index (χ0) is 21.0. The third-order valence-corrected chi connectivity index (χ3v) is 4.38. The van der Waals surface area contributed by atoms with Crippen molar-refractivity contribution in [3.63, 3.8) is 0 Å². The number of nitrogens with zero attached hydrogens (tertiary/aromatic N) is 2. The minimum absolute atomic E-state index is 0.0625. The molecule has 1 amide bonds. The molecule has 6 nitrogen and oxygen atoms in total. The van der Waals surface area contributed by atoms with E-state index < -0.39 is 11.4 Å². The number of likely N-dealkylation sites (tertiary alicyclic amines) is 1. The van der Waals surface area contributed by atoms with Crippen LogP contribution in [-0.4, -0.2) is 40.8 Å². The zero-order valence-electron chi connectivity index (χ0n) is 17.3. The topological polar surface area (TPSA) is 60.9 Å². The Balaban J connectivity index is 1.55. The molecule has 7 heteroatoms. The molecule has 1 aliphatic rings. The predicted molar refractivity (Wildman–Crippen MR) is 107 cm³/mol. The maximum Gasteiger partial charge on any atom is 0.410 e. The van der Waals surface area contributed by atoms with E-state index in [4.69, 9.17) is 14.2 Å². The molecule has 1 saturated heterocycles. The SMILES string of the molecule is Cc1ccc(Oc2cccc(OC3CCN(C(=O)OC(C)(C)C)CC3)n2)c(F)c1. The maximum atomic E-state index is 14.0. The van der Waals surface area contributed by atoms with Crippen LogP contribution in [0.3, 0.4) is 0 Å². The highest BCUT2D eigenvalue weighted by atomic mass is 19.1. The third kappa shape index (κ3) is 6.07. The molecule has 0 saturated carbocycles. The number of hydrogen-bond acceptors (Lipinski definition) is 5. The van der Waals surface area contributed by atoms with Gasteiger partial charge in [-0.3, -0.25) is 0 Å². The van der Waals surface area contributed by atoms with Gasteiger partial charge in [0.1, 0.15) is 11.7 Å².